The minimum absolute atomic E-state index is 1.35. The molecule has 0 aliphatic heterocycles. The first-order chi connectivity index (χ1) is 26.8. The van der Waals surface area contributed by atoms with Crippen molar-refractivity contribution < 1.29 is 0 Å². The van der Waals surface area contributed by atoms with Gasteiger partial charge >= 0.3 is 0 Å². The Labute approximate surface area is 358 Å². The van der Waals surface area contributed by atoms with E-state index in [0.29, 0.717) is 0 Å². The zero-order valence-corrected chi connectivity index (χ0v) is 41.1. The van der Waals surface area contributed by atoms with E-state index in [4.69, 9.17) is 0 Å². The molecule has 0 spiro atoms. The lowest BCUT2D eigenvalue weighted by atomic mass is 10.0. The third-order valence-electron chi connectivity index (χ3n) is 11.9. The number of aryl methyl sites for hydroxylation is 19. The fourth-order valence-electron chi connectivity index (χ4n) is 6.34. The molecule has 0 atom stereocenters. The van der Waals surface area contributed by atoms with E-state index in [1.807, 2.05) is 0 Å². The van der Waals surface area contributed by atoms with Gasteiger partial charge < -0.3 is 0 Å². The zero-order chi connectivity index (χ0) is 44.6. The van der Waals surface area contributed by atoms with E-state index in [1.165, 1.54) is 122 Å². The van der Waals surface area contributed by atoms with Gasteiger partial charge in [0.1, 0.15) is 0 Å². The van der Waals surface area contributed by atoms with Crippen LogP contribution < -0.4 is 0 Å². The first-order valence-electron chi connectivity index (χ1n) is 21.1. The van der Waals surface area contributed by atoms with Crippen LogP contribution in [0.15, 0.2) is 84.9 Å². The van der Waals surface area contributed by atoms with Crippen molar-refractivity contribution in [2.24, 2.45) is 0 Å². The van der Waals surface area contributed by atoms with Crippen LogP contribution in [0, 0.1) is 152 Å². The van der Waals surface area contributed by atoms with Crippen LogP contribution in [0.3, 0.4) is 0 Å². The molecule has 0 bridgehead atoms. The molecule has 0 radical (unpaired) electrons. The van der Waals surface area contributed by atoms with E-state index >= 15 is 0 Å². The molecule has 6 aromatic rings. The fourth-order valence-corrected chi connectivity index (χ4v) is 6.34. The van der Waals surface area contributed by atoms with Crippen molar-refractivity contribution in [2.45, 2.75) is 152 Å². The minimum Gasteiger partial charge on any atom is -0.0590 e. The molecule has 0 aliphatic rings. The maximum Gasteiger partial charge on any atom is -0.0392 e. The second-order valence-electron chi connectivity index (χ2n) is 17.2. The predicted molar refractivity (Wildman–Crippen MR) is 263 cm³/mol. The first-order valence-corrected chi connectivity index (χ1v) is 21.1. The maximum absolute atomic E-state index is 2.24. The van der Waals surface area contributed by atoms with Crippen LogP contribution in [-0.4, -0.2) is 0 Å². The lowest BCUT2D eigenvalue weighted by molar-refractivity contribution is 1.22. The molecule has 6 rings (SSSR count). The normalized spacial score (nSPS) is 9.90. The molecule has 0 N–H and O–H groups in total. The van der Waals surface area contributed by atoms with Crippen LogP contribution in [-0.2, 0) is 0 Å². The molecular formula is C58H80. The Morgan fingerprint density at radius 3 is 0.586 bits per heavy atom. The van der Waals surface area contributed by atoms with Crippen molar-refractivity contribution >= 4 is 0 Å². The molecule has 0 fully saturated rings. The summed E-state index contributed by atoms with van der Waals surface area (Å²) in [5.41, 5.74) is 30.6. The average molecular weight is 777 g/mol. The smallest absolute Gasteiger partial charge is 0.0392 e. The largest absolute Gasteiger partial charge is 0.0590 e. The minimum atomic E-state index is 1.35. The average Bonchev–Trinajstić information content (AvgIpc) is 3.14. The number of hydrogen-bond donors (Lipinski definition) is 0. The SMILES string of the molecule is Cc1cc(C)c(C)c(C)c1.Cc1cc(C)c(C)cc1C.Cc1cc(C)c(C)cc1C.Cc1ccc(C)c(C)c1.Cc1ccc(C)c(C)c1.Cc1ccc(C)c(C)c1C. The van der Waals surface area contributed by atoms with Gasteiger partial charge in [0.15, 0.2) is 0 Å². The van der Waals surface area contributed by atoms with E-state index in [1.54, 1.807) is 0 Å². The second-order valence-corrected chi connectivity index (χ2v) is 17.2. The van der Waals surface area contributed by atoms with Gasteiger partial charge in [-0.05, 0) is 258 Å². The van der Waals surface area contributed by atoms with Crippen LogP contribution in [0.2, 0.25) is 0 Å². The highest BCUT2D eigenvalue weighted by atomic mass is 14.0. The van der Waals surface area contributed by atoms with Crippen molar-refractivity contribution in [3.05, 3.63) is 207 Å². The fraction of sp³-hybridized carbons (Fsp3) is 0.379. The molecule has 0 amide bonds. The van der Waals surface area contributed by atoms with E-state index in [9.17, 15) is 0 Å². The Kier molecular flexibility index (Phi) is 21.5. The van der Waals surface area contributed by atoms with Crippen LogP contribution in [0.25, 0.3) is 0 Å². The molecule has 0 saturated heterocycles. The summed E-state index contributed by atoms with van der Waals surface area (Å²) in [5, 5.41) is 0. The highest BCUT2D eigenvalue weighted by Gasteiger charge is 1.99. The summed E-state index contributed by atoms with van der Waals surface area (Å²) in [6.45, 7) is 47.3. The van der Waals surface area contributed by atoms with Gasteiger partial charge in [0.2, 0.25) is 0 Å². The third kappa shape index (κ3) is 17.4. The molecule has 0 nitrogen and oxygen atoms in total. The summed E-state index contributed by atoms with van der Waals surface area (Å²) in [6.07, 6.45) is 0. The molecule has 0 aliphatic carbocycles. The Morgan fingerprint density at radius 2 is 0.362 bits per heavy atom. The summed E-state index contributed by atoms with van der Waals surface area (Å²) in [4.78, 5) is 0. The third-order valence-corrected chi connectivity index (χ3v) is 11.9. The van der Waals surface area contributed by atoms with Gasteiger partial charge in [-0.1, -0.05) is 102 Å². The lowest BCUT2D eigenvalue weighted by Crippen LogP contribution is -1.88. The van der Waals surface area contributed by atoms with E-state index in [0.717, 1.165) is 0 Å². The van der Waals surface area contributed by atoms with Gasteiger partial charge in [0.25, 0.3) is 0 Å². The molecule has 0 unspecified atom stereocenters. The van der Waals surface area contributed by atoms with Crippen molar-refractivity contribution in [2.75, 3.05) is 0 Å². The standard InChI is InChI=1S/4C10H14.2C9H12/c2*1-7-5-9(3)10(4)6-8(7)2;1-7-5-8(2)10(4)9(3)6-7;1-7-5-6-8(2)10(4)9(7)3;2*1-7-4-5-8(2)9(3)6-7/h4*5-6H,1-4H3;2*4-6H,1-3H3. The summed E-state index contributed by atoms with van der Waals surface area (Å²) in [6, 6.07) is 30.8. The van der Waals surface area contributed by atoms with Gasteiger partial charge in [-0.3, -0.25) is 0 Å². The van der Waals surface area contributed by atoms with E-state index < -0.39 is 0 Å². The van der Waals surface area contributed by atoms with Gasteiger partial charge in [-0.15, -0.1) is 0 Å². The van der Waals surface area contributed by atoms with Crippen LogP contribution in [0.1, 0.15) is 122 Å². The summed E-state index contributed by atoms with van der Waals surface area (Å²) >= 11 is 0. The topological polar surface area (TPSA) is 0 Å². The predicted octanol–water partition coefficient (Wildman–Crippen LogP) is 16.9. The van der Waals surface area contributed by atoms with E-state index in [2.05, 4.69) is 237 Å². The molecule has 312 valence electrons. The van der Waals surface area contributed by atoms with Crippen LogP contribution >= 0.6 is 0 Å². The maximum atomic E-state index is 2.24. The Morgan fingerprint density at radius 1 is 0.155 bits per heavy atom. The first kappa shape index (κ1) is 51.3. The summed E-state index contributed by atoms with van der Waals surface area (Å²) in [7, 11) is 0. The van der Waals surface area contributed by atoms with Crippen molar-refractivity contribution in [3.8, 4) is 0 Å². The van der Waals surface area contributed by atoms with Crippen molar-refractivity contribution in [1.82, 2.24) is 0 Å². The molecule has 58 heavy (non-hydrogen) atoms. The Bertz CT molecular complexity index is 1980. The highest BCUT2D eigenvalue weighted by Crippen LogP contribution is 2.17. The summed E-state index contributed by atoms with van der Waals surface area (Å²) < 4.78 is 0. The van der Waals surface area contributed by atoms with Crippen LogP contribution in [0.5, 0.6) is 0 Å². The Balaban J connectivity index is 0.000000348. The zero-order valence-electron chi connectivity index (χ0n) is 41.1. The summed E-state index contributed by atoms with van der Waals surface area (Å²) in [5.74, 6) is 0. The number of hydrogen-bond acceptors (Lipinski definition) is 0. The van der Waals surface area contributed by atoms with Gasteiger partial charge in [-0.25, -0.2) is 0 Å². The highest BCUT2D eigenvalue weighted by molar-refractivity contribution is 5.39. The molecule has 6 aromatic carbocycles. The van der Waals surface area contributed by atoms with Crippen molar-refractivity contribution in [1.29, 1.82) is 0 Å². The van der Waals surface area contributed by atoms with Gasteiger partial charge in [0, 0.05) is 0 Å². The quantitative estimate of drug-likeness (QED) is 0.144. The van der Waals surface area contributed by atoms with Gasteiger partial charge in [-0.2, -0.15) is 0 Å². The molecule has 0 saturated carbocycles. The van der Waals surface area contributed by atoms with Crippen LogP contribution in [0.4, 0.5) is 0 Å². The molecule has 0 heteroatoms. The number of benzene rings is 6. The van der Waals surface area contributed by atoms with Crippen molar-refractivity contribution in [3.63, 3.8) is 0 Å². The Hall–Kier alpha value is -4.68. The second kappa shape index (κ2) is 24.3. The monoisotopic (exact) mass is 777 g/mol. The lowest BCUT2D eigenvalue weighted by Gasteiger charge is -2.06. The molecule has 0 heterocycles. The number of rotatable bonds is 0. The van der Waals surface area contributed by atoms with E-state index in [-0.39, 0.29) is 0 Å². The van der Waals surface area contributed by atoms with Gasteiger partial charge in [0.05, 0.1) is 0 Å². The molecular weight excluding hydrogens is 697 g/mol. The molecule has 0 aromatic heterocycles.